The molecule has 0 aliphatic rings. The molecular formula is C14H14Cl2N4O. The van der Waals surface area contributed by atoms with Gasteiger partial charge in [-0.25, -0.2) is 15.0 Å². The number of nitrogens with zero attached hydrogens (tertiary/aromatic N) is 3. The first kappa shape index (κ1) is 15.7. The normalized spacial score (nSPS) is 10.8. The van der Waals surface area contributed by atoms with Crippen molar-refractivity contribution in [3.05, 3.63) is 45.7 Å². The van der Waals surface area contributed by atoms with Crippen LogP contribution in [-0.4, -0.2) is 20.9 Å². The van der Waals surface area contributed by atoms with Crippen molar-refractivity contribution in [3.63, 3.8) is 0 Å². The zero-order chi connectivity index (χ0) is 15.6. The number of hydrogen-bond donors (Lipinski definition) is 1. The maximum Gasteiger partial charge on any atom is 0.276 e. The van der Waals surface area contributed by atoms with Gasteiger partial charge in [0.1, 0.15) is 11.0 Å². The zero-order valence-corrected chi connectivity index (χ0v) is 13.3. The minimum Gasteiger partial charge on any atom is -0.319 e. The maximum atomic E-state index is 12.3. The van der Waals surface area contributed by atoms with E-state index in [2.05, 4.69) is 20.3 Å². The Labute approximate surface area is 132 Å². The third kappa shape index (κ3) is 3.68. The third-order valence-electron chi connectivity index (χ3n) is 2.79. The molecular weight excluding hydrogens is 311 g/mol. The third-order valence-corrected chi connectivity index (χ3v) is 3.28. The number of carbonyl (C=O) groups is 1. The van der Waals surface area contributed by atoms with Gasteiger partial charge in [0.05, 0.1) is 22.6 Å². The highest BCUT2D eigenvalue weighted by Gasteiger charge is 2.16. The molecule has 0 spiro atoms. The van der Waals surface area contributed by atoms with E-state index in [0.717, 1.165) is 0 Å². The summed E-state index contributed by atoms with van der Waals surface area (Å²) in [5, 5.41) is 3.30. The smallest absolute Gasteiger partial charge is 0.276 e. The van der Waals surface area contributed by atoms with Crippen molar-refractivity contribution < 1.29 is 4.79 Å². The molecule has 0 saturated heterocycles. The number of anilines is 1. The first-order valence-corrected chi connectivity index (χ1v) is 7.11. The second-order valence-electron chi connectivity index (χ2n) is 4.80. The number of aromatic nitrogens is 3. The zero-order valence-electron chi connectivity index (χ0n) is 11.8. The number of pyridine rings is 1. The van der Waals surface area contributed by atoms with E-state index in [1.807, 2.05) is 13.8 Å². The number of halogens is 2. The lowest BCUT2D eigenvalue weighted by Crippen LogP contribution is -2.17. The summed E-state index contributed by atoms with van der Waals surface area (Å²) >= 11 is 11.8. The maximum absolute atomic E-state index is 12.3. The topological polar surface area (TPSA) is 67.8 Å². The van der Waals surface area contributed by atoms with Crippen molar-refractivity contribution in [1.29, 1.82) is 0 Å². The highest BCUT2D eigenvalue weighted by Crippen LogP contribution is 2.20. The molecule has 0 aromatic carbocycles. The highest BCUT2D eigenvalue weighted by atomic mass is 35.5. The fraction of sp³-hybridized carbons (Fsp3) is 0.286. The molecule has 0 saturated carbocycles. The van der Waals surface area contributed by atoms with Gasteiger partial charge in [-0.3, -0.25) is 4.79 Å². The number of carbonyl (C=O) groups excluding carboxylic acids is 1. The molecule has 0 bridgehead atoms. The van der Waals surface area contributed by atoms with Crippen LogP contribution < -0.4 is 5.32 Å². The second kappa shape index (κ2) is 6.37. The molecule has 110 valence electrons. The van der Waals surface area contributed by atoms with Crippen LogP contribution >= 0.6 is 23.2 Å². The van der Waals surface area contributed by atoms with Crippen molar-refractivity contribution in [2.45, 2.75) is 26.7 Å². The van der Waals surface area contributed by atoms with Crippen LogP contribution in [0.3, 0.4) is 0 Å². The van der Waals surface area contributed by atoms with Gasteiger partial charge >= 0.3 is 0 Å². The van der Waals surface area contributed by atoms with E-state index in [1.165, 1.54) is 6.20 Å². The quantitative estimate of drug-likeness (QED) is 0.870. The standard InChI is InChI=1S/C14H14Cl2N4O/c1-7(2)13-17-6-9(15)12(20-13)14(21)19-10-4-5-11(16)18-8(10)3/h4-7H,1-3H3,(H,19,21). The molecule has 7 heteroatoms. The summed E-state index contributed by atoms with van der Waals surface area (Å²) in [5.74, 6) is 0.264. The van der Waals surface area contributed by atoms with Gasteiger partial charge < -0.3 is 5.32 Å². The number of amides is 1. The predicted octanol–water partition coefficient (Wildman–Crippen LogP) is 3.86. The fourth-order valence-corrected chi connectivity index (χ4v) is 2.03. The van der Waals surface area contributed by atoms with Gasteiger partial charge in [-0.1, -0.05) is 37.0 Å². The molecule has 0 aliphatic carbocycles. The Morgan fingerprint density at radius 3 is 2.57 bits per heavy atom. The summed E-state index contributed by atoms with van der Waals surface area (Å²) in [5.41, 5.74) is 1.32. The molecule has 5 nitrogen and oxygen atoms in total. The van der Waals surface area contributed by atoms with Crippen molar-refractivity contribution in [1.82, 2.24) is 15.0 Å². The number of rotatable bonds is 3. The average Bonchev–Trinajstić information content (AvgIpc) is 2.42. The Morgan fingerprint density at radius 2 is 1.95 bits per heavy atom. The molecule has 0 unspecified atom stereocenters. The first-order valence-electron chi connectivity index (χ1n) is 6.35. The molecule has 1 N–H and O–H groups in total. The molecule has 2 heterocycles. The summed E-state index contributed by atoms with van der Waals surface area (Å²) in [4.78, 5) is 24.7. The largest absolute Gasteiger partial charge is 0.319 e. The van der Waals surface area contributed by atoms with E-state index >= 15 is 0 Å². The highest BCUT2D eigenvalue weighted by molar-refractivity contribution is 6.34. The lowest BCUT2D eigenvalue weighted by Gasteiger charge is -2.10. The molecule has 2 aromatic heterocycles. The van der Waals surface area contributed by atoms with E-state index in [0.29, 0.717) is 22.4 Å². The SMILES string of the molecule is Cc1nc(Cl)ccc1NC(=O)c1nc(C(C)C)ncc1Cl. The Hall–Kier alpha value is -1.72. The molecule has 0 aliphatic heterocycles. The minimum atomic E-state index is -0.406. The van der Waals surface area contributed by atoms with Gasteiger partial charge in [-0.15, -0.1) is 0 Å². The summed E-state index contributed by atoms with van der Waals surface area (Å²) in [6.45, 7) is 5.64. The van der Waals surface area contributed by atoms with E-state index in [1.54, 1.807) is 19.1 Å². The second-order valence-corrected chi connectivity index (χ2v) is 5.59. The summed E-state index contributed by atoms with van der Waals surface area (Å²) in [7, 11) is 0. The number of hydrogen-bond acceptors (Lipinski definition) is 4. The number of nitrogens with one attached hydrogen (secondary N) is 1. The number of aryl methyl sites for hydroxylation is 1. The fourth-order valence-electron chi connectivity index (χ4n) is 1.66. The molecule has 0 atom stereocenters. The summed E-state index contributed by atoms with van der Waals surface area (Å²) in [6, 6.07) is 3.28. The van der Waals surface area contributed by atoms with Gasteiger partial charge in [0.2, 0.25) is 0 Å². The van der Waals surface area contributed by atoms with Gasteiger partial charge in [-0.05, 0) is 19.1 Å². The summed E-state index contributed by atoms with van der Waals surface area (Å²) in [6.07, 6.45) is 1.44. The lowest BCUT2D eigenvalue weighted by atomic mass is 10.2. The van der Waals surface area contributed by atoms with Gasteiger partial charge in [0, 0.05) is 5.92 Å². The molecule has 1 amide bonds. The Bertz CT molecular complexity index is 689. The predicted molar refractivity (Wildman–Crippen MR) is 83.1 cm³/mol. The van der Waals surface area contributed by atoms with Gasteiger partial charge in [-0.2, -0.15) is 0 Å². The van der Waals surface area contributed by atoms with Crippen molar-refractivity contribution in [2.24, 2.45) is 0 Å². The minimum absolute atomic E-state index is 0.104. The Morgan fingerprint density at radius 1 is 1.24 bits per heavy atom. The van der Waals surface area contributed by atoms with Crippen LogP contribution in [0.1, 0.15) is 41.8 Å². The van der Waals surface area contributed by atoms with Crippen LogP contribution in [0.5, 0.6) is 0 Å². The first-order chi connectivity index (χ1) is 9.88. The van der Waals surface area contributed by atoms with E-state index < -0.39 is 5.91 Å². The average molecular weight is 325 g/mol. The summed E-state index contributed by atoms with van der Waals surface area (Å²) < 4.78 is 0. The van der Waals surface area contributed by atoms with Crippen LogP contribution in [0, 0.1) is 6.92 Å². The monoisotopic (exact) mass is 324 g/mol. The van der Waals surface area contributed by atoms with Crippen LogP contribution in [0.2, 0.25) is 10.2 Å². The van der Waals surface area contributed by atoms with E-state index in [9.17, 15) is 4.79 Å². The van der Waals surface area contributed by atoms with Crippen LogP contribution in [-0.2, 0) is 0 Å². The Balaban J connectivity index is 2.30. The van der Waals surface area contributed by atoms with Gasteiger partial charge in [0.25, 0.3) is 5.91 Å². The lowest BCUT2D eigenvalue weighted by molar-refractivity contribution is 0.102. The van der Waals surface area contributed by atoms with E-state index in [4.69, 9.17) is 23.2 Å². The molecule has 2 rings (SSSR count). The van der Waals surface area contributed by atoms with Crippen LogP contribution in [0.15, 0.2) is 18.3 Å². The van der Waals surface area contributed by atoms with Gasteiger partial charge in [0.15, 0.2) is 5.69 Å². The molecule has 21 heavy (non-hydrogen) atoms. The van der Waals surface area contributed by atoms with Crippen LogP contribution in [0.4, 0.5) is 5.69 Å². The van der Waals surface area contributed by atoms with Crippen molar-refractivity contribution in [2.75, 3.05) is 5.32 Å². The van der Waals surface area contributed by atoms with Crippen molar-refractivity contribution in [3.8, 4) is 0 Å². The molecule has 0 fully saturated rings. The van der Waals surface area contributed by atoms with Crippen molar-refractivity contribution >= 4 is 34.8 Å². The Kier molecular flexibility index (Phi) is 4.75. The van der Waals surface area contributed by atoms with Crippen LogP contribution in [0.25, 0.3) is 0 Å². The molecule has 2 aromatic rings. The molecule has 0 radical (unpaired) electrons. The van der Waals surface area contributed by atoms with E-state index in [-0.39, 0.29) is 16.6 Å².